The van der Waals surface area contributed by atoms with E-state index in [-0.39, 0.29) is 25.5 Å². The Labute approximate surface area is 121 Å². The highest BCUT2D eigenvalue weighted by Crippen LogP contribution is 2.20. The topological polar surface area (TPSA) is 86.8 Å². The fourth-order valence-corrected chi connectivity index (χ4v) is 2.24. The molecule has 1 fully saturated rings. The number of hydrogen-bond donors (Lipinski definition) is 3. The number of nitrogens with two attached hydrogens (primary N) is 1. The Morgan fingerprint density at radius 2 is 2.05 bits per heavy atom. The molecule has 1 aromatic rings. The van der Waals surface area contributed by atoms with Crippen molar-refractivity contribution in [3.8, 4) is 11.8 Å². The quantitative estimate of drug-likeness (QED) is 0.628. The summed E-state index contributed by atoms with van der Waals surface area (Å²) in [4.78, 5) is 13.6. The zero-order chi connectivity index (χ0) is 14.7. The first-order valence-electron chi connectivity index (χ1n) is 6.17. The van der Waals surface area contributed by atoms with Crippen molar-refractivity contribution in [1.29, 1.82) is 0 Å². The van der Waals surface area contributed by atoms with Gasteiger partial charge in [0.2, 0.25) is 0 Å². The van der Waals surface area contributed by atoms with E-state index in [2.05, 4.69) is 11.8 Å². The first-order valence-corrected chi connectivity index (χ1v) is 6.54. The molecule has 2 rings (SSSR count). The van der Waals surface area contributed by atoms with Crippen LogP contribution in [0.5, 0.6) is 0 Å². The Morgan fingerprint density at radius 3 is 2.60 bits per heavy atom. The molecule has 1 saturated heterocycles. The third kappa shape index (κ3) is 3.11. The van der Waals surface area contributed by atoms with E-state index in [0.29, 0.717) is 16.1 Å². The summed E-state index contributed by atoms with van der Waals surface area (Å²) in [7, 11) is 0. The fourth-order valence-electron chi connectivity index (χ4n) is 2.01. The minimum absolute atomic E-state index is 0.117. The van der Waals surface area contributed by atoms with Gasteiger partial charge >= 0.3 is 0 Å². The van der Waals surface area contributed by atoms with Gasteiger partial charge in [-0.1, -0.05) is 23.4 Å². The van der Waals surface area contributed by atoms with E-state index in [4.69, 9.17) is 17.3 Å². The van der Waals surface area contributed by atoms with Crippen molar-refractivity contribution >= 4 is 17.5 Å². The van der Waals surface area contributed by atoms with Crippen LogP contribution in [-0.2, 0) is 0 Å². The zero-order valence-corrected chi connectivity index (χ0v) is 11.5. The van der Waals surface area contributed by atoms with Crippen LogP contribution in [0, 0.1) is 11.8 Å². The molecular weight excluding hydrogens is 280 g/mol. The van der Waals surface area contributed by atoms with Gasteiger partial charge in [-0.15, -0.1) is 0 Å². The van der Waals surface area contributed by atoms with Crippen molar-refractivity contribution in [2.45, 2.75) is 12.2 Å². The highest BCUT2D eigenvalue weighted by molar-refractivity contribution is 6.32. The molecule has 2 atom stereocenters. The van der Waals surface area contributed by atoms with E-state index in [1.807, 2.05) is 0 Å². The van der Waals surface area contributed by atoms with Crippen LogP contribution in [0.15, 0.2) is 18.2 Å². The number of nitrogens with zero attached hydrogens (tertiary/aromatic N) is 1. The smallest absolute Gasteiger partial charge is 0.254 e. The number of rotatable bonds is 1. The SMILES string of the molecule is NCC#Cc1ccc(C(=O)N2CC(O)C(O)C2)cc1Cl. The second kappa shape index (κ2) is 6.25. The molecule has 1 aliphatic rings. The minimum atomic E-state index is -0.899. The maximum atomic E-state index is 12.2. The van der Waals surface area contributed by atoms with E-state index >= 15 is 0 Å². The molecule has 0 saturated carbocycles. The molecule has 0 aliphatic carbocycles. The first kappa shape index (κ1) is 14.8. The van der Waals surface area contributed by atoms with Crippen LogP contribution in [-0.4, -0.2) is 52.9 Å². The highest BCUT2D eigenvalue weighted by atomic mass is 35.5. The van der Waals surface area contributed by atoms with Gasteiger partial charge in [-0.25, -0.2) is 0 Å². The van der Waals surface area contributed by atoms with E-state index in [1.165, 1.54) is 11.0 Å². The summed E-state index contributed by atoms with van der Waals surface area (Å²) in [5.74, 6) is 5.23. The highest BCUT2D eigenvalue weighted by Gasteiger charge is 2.32. The molecule has 2 unspecified atom stereocenters. The summed E-state index contributed by atoms with van der Waals surface area (Å²) >= 11 is 6.06. The third-order valence-corrected chi connectivity index (χ3v) is 3.40. The number of aliphatic hydroxyl groups excluding tert-OH is 2. The molecule has 0 aromatic heterocycles. The molecule has 1 aromatic carbocycles. The number of carbonyl (C=O) groups is 1. The number of benzene rings is 1. The van der Waals surface area contributed by atoms with Crippen LogP contribution >= 0.6 is 11.6 Å². The average molecular weight is 295 g/mol. The fraction of sp³-hybridized carbons (Fsp3) is 0.357. The minimum Gasteiger partial charge on any atom is -0.388 e. The Balaban J connectivity index is 2.17. The van der Waals surface area contributed by atoms with Gasteiger partial charge in [0.1, 0.15) is 0 Å². The molecule has 5 nitrogen and oxygen atoms in total. The molecule has 0 radical (unpaired) electrons. The monoisotopic (exact) mass is 294 g/mol. The average Bonchev–Trinajstić information content (AvgIpc) is 2.76. The standard InChI is InChI=1S/C14H15ClN2O3/c15-11-6-10(4-3-9(11)2-1-5-16)14(20)17-7-12(18)13(19)8-17/h3-4,6,12-13,18-19H,5,7-8,16H2. The van der Waals surface area contributed by atoms with Crippen molar-refractivity contribution in [3.63, 3.8) is 0 Å². The predicted octanol–water partition coefficient (Wildman–Crippen LogP) is -0.172. The molecule has 1 aliphatic heterocycles. The normalized spacial score (nSPS) is 21.5. The third-order valence-electron chi connectivity index (χ3n) is 3.09. The molecule has 0 bridgehead atoms. The van der Waals surface area contributed by atoms with Crippen LogP contribution in [0.3, 0.4) is 0 Å². The lowest BCUT2D eigenvalue weighted by atomic mass is 10.1. The van der Waals surface area contributed by atoms with Crippen molar-refractivity contribution in [1.82, 2.24) is 4.90 Å². The molecule has 20 heavy (non-hydrogen) atoms. The maximum Gasteiger partial charge on any atom is 0.254 e. The molecule has 6 heteroatoms. The van der Waals surface area contributed by atoms with Crippen molar-refractivity contribution < 1.29 is 15.0 Å². The Morgan fingerprint density at radius 1 is 1.40 bits per heavy atom. The maximum absolute atomic E-state index is 12.2. The number of halogens is 1. The van der Waals surface area contributed by atoms with Crippen LogP contribution in [0.25, 0.3) is 0 Å². The van der Waals surface area contributed by atoms with Crippen LogP contribution in [0.1, 0.15) is 15.9 Å². The van der Waals surface area contributed by atoms with Crippen molar-refractivity contribution in [2.75, 3.05) is 19.6 Å². The molecular formula is C14H15ClN2O3. The van der Waals surface area contributed by atoms with Gasteiger partial charge in [-0.05, 0) is 18.2 Å². The number of amides is 1. The summed E-state index contributed by atoms with van der Waals surface area (Å²) < 4.78 is 0. The second-order valence-electron chi connectivity index (χ2n) is 4.55. The largest absolute Gasteiger partial charge is 0.388 e. The first-order chi connectivity index (χ1) is 9.52. The van der Waals surface area contributed by atoms with Crippen LogP contribution < -0.4 is 5.73 Å². The molecule has 0 spiro atoms. The van der Waals surface area contributed by atoms with Crippen LogP contribution in [0.2, 0.25) is 5.02 Å². The molecule has 1 heterocycles. The van der Waals surface area contributed by atoms with Gasteiger partial charge < -0.3 is 20.8 Å². The number of likely N-dealkylation sites (tertiary alicyclic amines) is 1. The lowest BCUT2D eigenvalue weighted by Gasteiger charge is -2.15. The summed E-state index contributed by atoms with van der Waals surface area (Å²) in [6.07, 6.45) is -1.80. The van der Waals surface area contributed by atoms with Crippen molar-refractivity contribution in [2.24, 2.45) is 5.73 Å². The van der Waals surface area contributed by atoms with Gasteiger partial charge in [0.05, 0.1) is 23.8 Å². The van der Waals surface area contributed by atoms with Gasteiger partial charge in [0, 0.05) is 24.2 Å². The van der Waals surface area contributed by atoms with Gasteiger partial charge in [-0.2, -0.15) is 0 Å². The summed E-state index contributed by atoms with van der Waals surface area (Å²) in [6.45, 7) is 0.471. The molecule has 1 amide bonds. The number of β-amino-alcohol motifs (C(OH)–C–C–N with tert-alkyl or cyclic N) is 2. The molecule has 106 valence electrons. The van der Waals surface area contributed by atoms with Gasteiger partial charge in [0.15, 0.2) is 0 Å². The summed E-state index contributed by atoms with van der Waals surface area (Å²) in [6, 6.07) is 4.80. The van der Waals surface area contributed by atoms with E-state index in [0.717, 1.165) is 0 Å². The van der Waals surface area contributed by atoms with E-state index < -0.39 is 12.2 Å². The summed E-state index contributed by atoms with van der Waals surface area (Å²) in [5, 5.41) is 19.3. The zero-order valence-electron chi connectivity index (χ0n) is 10.7. The van der Waals surface area contributed by atoms with Gasteiger partial charge in [-0.3, -0.25) is 4.79 Å². The lowest BCUT2D eigenvalue weighted by Crippen LogP contribution is -2.29. The Bertz CT molecular complexity index is 570. The van der Waals surface area contributed by atoms with Gasteiger partial charge in [0.25, 0.3) is 5.91 Å². The Kier molecular flexibility index (Phi) is 4.63. The number of carbonyl (C=O) groups excluding carboxylic acids is 1. The predicted molar refractivity (Wildman–Crippen MR) is 75.3 cm³/mol. The van der Waals surface area contributed by atoms with Crippen LogP contribution in [0.4, 0.5) is 0 Å². The molecule has 4 N–H and O–H groups in total. The number of hydrogen-bond acceptors (Lipinski definition) is 4. The second-order valence-corrected chi connectivity index (χ2v) is 4.95. The Hall–Kier alpha value is -1.58. The number of aliphatic hydroxyl groups is 2. The lowest BCUT2D eigenvalue weighted by molar-refractivity contribution is 0.0572. The van der Waals surface area contributed by atoms with E-state index in [1.54, 1.807) is 12.1 Å². The van der Waals surface area contributed by atoms with E-state index in [9.17, 15) is 15.0 Å². The summed E-state index contributed by atoms with van der Waals surface area (Å²) in [5.41, 5.74) is 6.29. The van der Waals surface area contributed by atoms with Crippen molar-refractivity contribution in [3.05, 3.63) is 34.3 Å².